The summed E-state index contributed by atoms with van der Waals surface area (Å²) in [6.07, 6.45) is 4.25. The van der Waals surface area contributed by atoms with Crippen LogP contribution in [0.1, 0.15) is 10.4 Å². The van der Waals surface area contributed by atoms with Gasteiger partial charge in [0, 0.05) is 12.4 Å². The molecule has 16 heavy (non-hydrogen) atoms. The number of hydrogen-bond acceptors (Lipinski definition) is 6. The highest BCUT2D eigenvalue weighted by Gasteiger charge is 2.07. The molecule has 2 heterocycles. The van der Waals surface area contributed by atoms with Crippen LogP contribution in [0.2, 0.25) is 0 Å². The number of nitrogens with zero attached hydrogens (tertiary/aromatic N) is 4. The van der Waals surface area contributed by atoms with E-state index in [0.29, 0.717) is 5.56 Å². The van der Waals surface area contributed by atoms with Crippen molar-refractivity contribution < 1.29 is 4.79 Å². The van der Waals surface area contributed by atoms with Crippen molar-refractivity contribution in [2.75, 3.05) is 11.1 Å². The van der Waals surface area contributed by atoms with Crippen molar-refractivity contribution in [1.29, 1.82) is 0 Å². The van der Waals surface area contributed by atoms with Crippen LogP contribution in [0.4, 0.5) is 11.9 Å². The number of aromatic nitrogens is 4. The molecule has 0 aliphatic rings. The van der Waals surface area contributed by atoms with Crippen LogP contribution in [0, 0.1) is 0 Å². The normalized spacial score (nSPS) is 9.75. The van der Waals surface area contributed by atoms with Gasteiger partial charge in [-0.3, -0.25) is 15.1 Å². The fourth-order valence-electron chi connectivity index (χ4n) is 1.04. The van der Waals surface area contributed by atoms with Crippen LogP contribution in [0.15, 0.2) is 30.9 Å². The first kappa shape index (κ1) is 9.97. The Morgan fingerprint density at radius 2 is 2.25 bits per heavy atom. The van der Waals surface area contributed by atoms with Crippen molar-refractivity contribution in [3.8, 4) is 0 Å². The first-order valence-corrected chi connectivity index (χ1v) is 4.41. The highest BCUT2D eigenvalue weighted by molar-refractivity contribution is 6.03. The molecule has 80 valence electrons. The number of carbonyl (C=O) groups excluding carboxylic acids is 1. The molecule has 0 radical (unpaired) electrons. The quantitative estimate of drug-likeness (QED) is 0.737. The van der Waals surface area contributed by atoms with Gasteiger partial charge in [-0.2, -0.15) is 4.98 Å². The third-order valence-electron chi connectivity index (χ3n) is 1.74. The number of nitrogen functional groups attached to an aromatic ring is 1. The summed E-state index contributed by atoms with van der Waals surface area (Å²) in [4.78, 5) is 26.6. The minimum Gasteiger partial charge on any atom is -0.368 e. The molecule has 2 rings (SSSR count). The summed E-state index contributed by atoms with van der Waals surface area (Å²) in [5, 5.41) is 2.48. The van der Waals surface area contributed by atoms with Crippen molar-refractivity contribution >= 4 is 17.8 Å². The van der Waals surface area contributed by atoms with Crippen molar-refractivity contribution in [2.45, 2.75) is 0 Å². The number of carbonyl (C=O) groups is 1. The number of hydrogen-bond donors (Lipinski definition) is 2. The number of rotatable bonds is 2. The molecule has 0 unspecified atom stereocenters. The van der Waals surface area contributed by atoms with Crippen LogP contribution >= 0.6 is 0 Å². The van der Waals surface area contributed by atoms with Crippen molar-refractivity contribution in [3.05, 3.63) is 36.4 Å². The van der Waals surface area contributed by atoms with Gasteiger partial charge < -0.3 is 5.73 Å². The molecule has 0 aliphatic carbocycles. The Bertz CT molecular complexity index is 500. The summed E-state index contributed by atoms with van der Waals surface area (Å²) in [5.41, 5.74) is 5.77. The second kappa shape index (κ2) is 4.30. The number of anilines is 2. The first-order valence-electron chi connectivity index (χ1n) is 4.41. The summed E-state index contributed by atoms with van der Waals surface area (Å²) in [6, 6.07) is 3.30. The molecule has 7 nitrogen and oxygen atoms in total. The Balaban J connectivity index is 2.14. The topological polar surface area (TPSA) is 107 Å². The molecule has 0 atom stereocenters. The summed E-state index contributed by atoms with van der Waals surface area (Å²) in [7, 11) is 0. The van der Waals surface area contributed by atoms with E-state index in [1.807, 2.05) is 0 Å². The van der Waals surface area contributed by atoms with E-state index in [9.17, 15) is 4.79 Å². The minimum absolute atomic E-state index is 0.0523. The van der Waals surface area contributed by atoms with E-state index in [0.717, 1.165) is 0 Å². The average Bonchev–Trinajstić information content (AvgIpc) is 2.30. The molecular weight excluding hydrogens is 208 g/mol. The first-order chi connectivity index (χ1) is 7.75. The highest BCUT2D eigenvalue weighted by Crippen LogP contribution is 2.02. The van der Waals surface area contributed by atoms with E-state index in [-0.39, 0.29) is 17.8 Å². The van der Waals surface area contributed by atoms with Crippen molar-refractivity contribution in [2.24, 2.45) is 0 Å². The molecule has 0 fully saturated rings. The standard InChI is InChI=1S/C9H8N6O/c10-8-12-5-13-9(15-8)14-7(16)6-2-1-3-11-4-6/h1-5H,(H3,10,12,13,14,15,16). The summed E-state index contributed by atoms with van der Waals surface area (Å²) >= 11 is 0. The van der Waals surface area contributed by atoms with Gasteiger partial charge in [0.05, 0.1) is 5.56 Å². The van der Waals surface area contributed by atoms with Gasteiger partial charge in [-0.1, -0.05) is 0 Å². The maximum absolute atomic E-state index is 11.6. The molecule has 0 aliphatic heterocycles. The Hall–Kier alpha value is -2.57. The lowest BCUT2D eigenvalue weighted by Gasteiger charge is -2.02. The molecule has 0 aromatic carbocycles. The summed E-state index contributed by atoms with van der Waals surface area (Å²) < 4.78 is 0. The van der Waals surface area contributed by atoms with E-state index in [1.54, 1.807) is 18.3 Å². The second-order valence-corrected chi connectivity index (χ2v) is 2.86. The molecule has 0 saturated heterocycles. The predicted octanol–water partition coefficient (Wildman–Crippen LogP) is 0.101. The zero-order valence-corrected chi connectivity index (χ0v) is 8.16. The zero-order valence-electron chi connectivity index (χ0n) is 8.16. The SMILES string of the molecule is Nc1ncnc(NC(=O)c2cccnc2)n1. The second-order valence-electron chi connectivity index (χ2n) is 2.86. The molecule has 7 heteroatoms. The van der Waals surface area contributed by atoms with Gasteiger partial charge in [-0.25, -0.2) is 9.97 Å². The van der Waals surface area contributed by atoms with Crippen LogP contribution in [0.5, 0.6) is 0 Å². The molecule has 1 amide bonds. The third kappa shape index (κ3) is 2.27. The molecular formula is C9H8N6O. The number of nitrogens with one attached hydrogen (secondary N) is 1. The number of pyridine rings is 1. The van der Waals surface area contributed by atoms with Crippen LogP contribution in [0.3, 0.4) is 0 Å². The van der Waals surface area contributed by atoms with E-state index < -0.39 is 0 Å². The maximum atomic E-state index is 11.6. The molecule has 0 spiro atoms. The highest BCUT2D eigenvalue weighted by atomic mass is 16.1. The smallest absolute Gasteiger partial charge is 0.259 e. The Morgan fingerprint density at radius 3 is 2.94 bits per heavy atom. The number of nitrogens with two attached hydrogens (primary N) is 1. The van der Waals surface area contributed by atoms with Gasteiger partial charge in [0.1, 0.15) is 6.33 Å². The van der Waals surface area contributed by atoms with Gasteiger partial charge in [0.25, 0.3) is 5.91 Å². The van der Waals surface area contributed by atoms with E-state index >= 15 is 0 Å². The van der Waals surface area contributed by atoms with Crippen molar-refractivity contribution in [3.63, 3.8) is 0 Å². The molecule has 2 aromatic rings. The van der Waals surface area contributed by atoms with Gasteiger partial charge in [-0.15, -0.1) is 0 Å². The van der Waals surface area contributed by atoms with Crippen LogP contribution < -0.4 is 11.1 Å². The average molecular weight is 216 g/mol. The van der Waals surface area contributed by atoms with Crippen LogP contribution in [-0.2, 0) is 0 Å². The fraction of sp³-hybridized carbons (Fsp3) is 0. The Kier molecular flexibility index (Phi) is 2.68. The zero-order chi connectivity index (χ0) is 11.4. The fourth-order valence-corrected chi connectivity index (χ4v) is 1.04. The lowest BCUT2D eigenvalue weighted by molar-refractivity contribution is 0.102. The molecule has 0 saturated carbocycles. The van der Waals surface area contributed by atoms with E-state index in [2.05, 4.69) is 25.3 Å². The van der Waals surface area contributed by atoms with E-state index in [4.69, 9.17) is 5.73 Å². The lowest BCUT2D eigenvalue weighted by Crippen LogP contribution is -2.15. The Labute approximate surface area is 90.8 Å². The van der Waals surface area contributed by atoms with Crippen LogP contribution in [-0.4, -0.2) is 25.8 Å². The molecule has 2 aromatic heterocycles. The monoisotopic (exact) mass is 216 g/mol. The van der Waals surface area contributed by atoms with Gasteiger partial charge >= 0.3 is 0 Å². The van der Waals surface area contributed by atoms with E-state index in [1.165, 1.54) is 12.5 Å². The van der Waals surface area contributed by atoms with Crippen LogP contribution in [0.25, 0.3) is 0 Å². The predicted molar refractivity (Wildman–Crippen MR) is 56.4 cm³/mol. The Morgan fingerprint density at radius 1 is 1.38 bits per heavy atom. The van der Waals surface area contributed by atoms with Crippen molar-refractivity contribution in [1.82, 2.24) is 19.9 Å². The molecule has 0 bridgehead atoms. The maximum Gasteiger partial charge on any atom is 0.259 e. The summed E-state index contributed by atoms with van der Waals surface area (Å²) in [5.74, 6) is -0.184. The third-order valence-corrected chi connectivity index (χ3v) is 1.74. The summed E-state index contributed by atoms with van der Waals surface area (Å²) in [6.45, 7) is 0. The lowest BCUT2D eigenvalue weighted by atomic mass is 10.3. The van der Waals surface area contributed by atoms with Gasteiger partial charge in [0.2, 0.25) is 11.9 Å². The van der Waals surface area contributed by atoms with Gasteiger partial charge in [0.15, 0.2) is 0 Å². The minimum atomic E-state index is -0.348. The van der Waals surface area contributed by atoms with Gasteiger partial charge in [-0.05, 0) is 12.1 Å². The largest absolute Gasteiger partial charge is 0.368 e. The number of amides is 1. The molecule has 3 N–H and O–H groups in total.